The molecule has 0 saturated carbocycles. The van der Waals surface area contributed by atoms with Crippen molar-refractivity contribution in [2.75, 3.05) is 0 Å². The number of hydrogen-bond acceptors (Lipinski definition) is 3. The lowest BCUT2D eigenvalue weighted by atomic mass is 10.2. The van der Waals surface area contributed by atoms with Crippen LogP contribution in [0.1, 0.15) is 11.3 Å². The molecule has 1 atom stereocenters. The molecule has 0 aliphatic carbocycles. The number of pyridine rings is 1. The number of nitrogens with zero attached hydrogens (tertiary/aromatic N) is 3. The van der Waals surface area contributed by atoms with Crippen LogP contribution in [0.2, 0.25) is 0 Å². The second-order valence-electron chi connectivity index (χ2n) is 4.42. The van der Waals surface area contributed by atoms with Gasteiger partial charge in [-0.15, -0.1) is 0 Å². The molecular formula is C15H11N3OS. The van der Waals surface area contributed by atoms with E-state index in [1.807, 2.05) is 37.3 Å². The highest BCUT2D eigenvalue weighted by molar-refractivity contribution is 7.83. The molecule has 3 rings (SSSR count). The fourth-order valence-electron chi connectivity index (χ4n) is 1.97. The number of benzene rings is 1. The van der Waals surface area contributed by atoms with Gasteiger partial charge in [0, 0.05) is 6.20 Å². The molecule has 0 amide bonds. The van der Waals surface area contributed by atoms with Crippen LogP contribution in [0.25, 0.3) is 11.0 Å². The Kier molecular flexibility index (Phi) is 3.09. The third-order valence-corrected chi connectivity index (χ3v) is 4.37. The second kappa shape index (κ2) is 4.91. The Morgan fingerprint density at radius 1 is 1.15 bits per heavy atom. The van der Waals surface area contributed by atoms with Crippen LogP contribution < -0.4 is 0 Å². The van der Waals surface area contributed by atoms with Crippen molar-refractivity contribution >= 4 is 22.0 Å². The van der Waals surface area contributed by atoms with E-state index in [2.05, 4.69) is 4.98 Å². The predicted octanol–water partition coefficient (Wildman–Crippen LogP) is 2.79. The molecule has 0 saturated heterocycles. The monoisotopic (exact) mass is 281 g/mol. The molecule has 1 unspecified atom stereocenters. The van der Waals surface area contributed by atoms with Gasteiger partial charge < -0.3 is 0 Å². The fraction of sp³-hybridized carbons (Fsp3) is 0.0667. The highest BCUT2D eigenvalue weighted by Gasteiger charge is 2.10. The zero-order valence-electron chi connectivity index (χ0n) is 10.8. The van der Waals surface area contributed by atoms with Crippen molar-refractivity contribution in [1.82, 2.24) is 8.96 Å². The van der Waals surface area contributed by atoms with Crippen LogP contribution in [0, 0.1) is 18.3 Å². The summed E-state index contributed by atoms with van der Waals surface area (Å²) in [7, 11) is -1.31. The van der Waals surface area contributed by atoms with Gasteiger partial charge in [0.05, 0.1) is 15.9 Å². The molecule has 0 spiro atoms. The smallest absolute Gasteiger partial charge is 0.157 e. The number of fused-ring (bicyclic) bond motifs is 1. The zero-order valence-corrected chi connectivity index (χ0v) is 11.6. The SMILES string of the molecule is Cc1ccc(S(=O)n2ccc3nc(C#N)ccc32)cc1. The van der Waals surface area contributed by atoms with Crippen molar-refractivity contribution in [3.8, 4) is 6.07 Å². The van der Waals surface area contributed by atoms with Crippen molar-refractivity contribution in [1.29, 1.82) is 5.26 Å². The van der Waals surface area contributed by atoms with Gasteiger partial charge >= 0.3 is 0 Å². The molecule has 3 aromatic rings. The van der Waals surface area contributed by atoms with Crippen LogP contribution >= 0.6 is 0 Å². The highest BCUT2D eigenvalue weighted by atomic mass is 32.2. The lowest BCUT2D eigenvalue weighted by molar-refractivity contribution is 0.678. The van der Waals surface area contributed by atoms with Gasteiger partial charge in [-0.05, 0) is 37.3 Å². The molecular weight excluding hydrogens is 270 g/mol. The van der Waals surface area contributed by atoms with E-state index in [4.69, 9.17) is 5.26 Å². The van der Waals surface area contributed by atoms with Crippen molar-refractivity contribution in [3.05, 3.63) is 59.9 Å². The molecule has 0 bridgehead atoms. The first-order chi connectivity index (χ1) is 9.69. The summed E-state index contributed by atoms with van der Waals surface area (Å²) >= 11 is 0. The molecule has 2 heterocycles. The summed E-state index contributed by atoms with van der Waals surface area (Å²) in [6.45, 7) is 1.99. The Balaban J connectivity index is 2.08. The first-order valence-electron chi connectivity index (χ1n) is 6.06. The summed E-state index contributed by atoms with van der Waals surface area (Å²) in [4.78, 5) is 4.92. The van der Waals surface area contributed by atoms with E-state index >= 15 is 0 Å². The molecule has 5 heteroatoms. The predicted molar refractivity (Wildman–Crippen MR) is 77.4 cm³/mol. The summed E-state index contributed by atoms with van der Waals surface area (Å²) in [6.07, 6.45) is 1.73. The van der Waals surface area contributed by atoms with E-state index in [0.717, 1.165) is 16.0 Å². The lowest BCUT2D eigenvalue weighted by Gasteiger charge is -2.05. The van der Waals surface area contributed by atoms with E-state index in [0.29, 0.717) is 11.2 Å². The summed E-state index contributed by atoms with van der Waals surface area (Å²) in [5.41, 5.74) is 2.91. The maximum atomic E-state index is 12.6. The number of rotatable bonds is 2. The second-order valence-corrected chi connectivity index (χ2v) is 5.78. The van der Waals surface area contributed by atoms with E-state index in [1.54, 1.807) is 28.4 Å². The minimum Gasteiger partial charge on any atom is -0.261 e. The van der Waals surface area contributed by atoms with E-state index in [-0.39, 0.29) is 0 Å². The van der Waals surface area contributed by atoms with E-state index < -0.39 is 11.0 Å². The van der Waals surface area contributed by atoms with E-state index in [9.17, 15) is 4.21 Å². The standard InChI is InChI=1S/C15H11N3OS/c1-11-2-5-13(6-3-11)20(19)18-9-8-14-15(18)7-4-12(10-16)17-14/h2-9H,1H3. The van der Waals surface area contributed by atoms with Crippen molar-refractivity contribution in [2.24, 2.45) is 0 Å². The third-order valence-electron chi connectivity index (χ3n) is 3.02. The normalized spacial score (nSPS) is 12.2. The Morgan fingerprint density at radius 3 is 2.60 bits per heavy atom. The number of aryl methyl sites for hydroxylation is 1. The van der Waals surface area contributed by atoms with E-state index in [1.165, 1.54) is 0 Å². The quantitative estimate of drug-likeness (QED) is 0.725. The molecule has 20 heavy (non-hydrogen) atoms. The molecule has 0 N–H and O–H groups in total. The van der Waals surface area contributed by atoms with Crippen LogP contribution in [0.3, 0.4) is 0 Å². The fourth-order valence-corrected chi connectivity index (χ4v) is 3.07. The minimum atomic E-state index is -1.31. The molecule has 0 aliphatic heterocycles. The number of hydrogen-bond donors (Lipinski definition) is 0. The van der Waals surface area contributed by atoms with Gasteiger partial charge in [0.25, 0.3) is 0 Å². The largest absolute Gasteiger partial charge is 0.261 e. The van der Waals surface area contributed by atoms with Gasteiger partial charge in [-0.1, -0.05) is 17.7 Å². The summed E-state index contributed by atoms with van der Waals surface area (Å²) in [6, 6.07) is 14.7. The minimum absolute atomic E-state index is 0.358. The molecule has 4 nitrogen and oxygen atoms in total. The molecule has 0 aliphatic rings. The average molecular weight is 281 g/mol. The molecule has 98 valence electrons. The maximum absolute atomic E-state index is 12.6. The molecule has 0 radical (unpaired) electrons. The van der Waals surface area contributed by atoms with Crippen molar-refractivity contribution in [3.63, 3.8) is 0 Å². The van der Waals surface area contributed by atoms with Gasteiger partial charge in [0.15, 0.2) is 11.0 Å². The lowest BCUT2D eigenvalue weighted by Crippen LogP contribution is -2.03. The average Bonchev–Trinajstić information content (AvgIpc) is 2.90. The van der Waals surface area contributed by atoms with Crippen LogP contribution in [0.15, 0.2) is 53.6 Å². The van der Waals surface area contributed by atoms with Gasteiger partial charge in [0.1, 0.15) is 11.8 Å². The first kappa shape index (κ1) is 12.6. The van der Waals surface area contributed by atoms with Gasteiger partial charge in [-0.2, -0.15) is 5.26 Å². The van der Waals surface area contributed by atoms with Crippen LogP contribution in [0.5, 0.6) is 0 Å². The van der Waals surface area contributed by atoms with Crippen LogP contribution in [-0.2, 0) is 11.0 Å². The van der Waals surface area contributed by atoms with Crippen LogP contribution in [0.4, 0.5) is 0 Å². The summed E-state index contributed by atoms with van der Waals surface area (Å²) in [5, 5.41) is 8.84. The Morgan fingerprint density at radius 2 is 1.90 bits per heavy atom. The maximum Gasteiger partial charge on any atom is 0.157 e. The third kappa shape index (κ3) is 2.10. The van der Waals surface area contributed by atoms with Gasteiger partial charge in [-0.3, -0.25) is 3.97 Å². The van der Waals surface area contributed by atoms with Gasteiger partial charge in [0.2, 0.25) is 0 Å². The molecule has 1 aromatic carbocycles. The number of nitriles is 1. The van der Waals surface area contributed by atoms with Gasteiger partial charge in [-0.25, -0.2) is 9.19 Å². The van der Waals surface area contributed by atoms with Crippen LogP contribution in [-0.4, -0.2) is 13.2 Å². The number of aromatic nitrogens is 2. The van der Waals surface area contributed by atoms with Crippen molar-refractivity contribution in [2.45, 2.75) is 11.8 Å². The molecule has 2 aromatic heterocycles. The first-order valence-corrected chi connectivity index (χ1v) is 7.17. The Hall–Kier alpha value is -2.45. The van der Waals surface area contributed by atoms with Crippen molar-refractivity contribution < 1.29 is 4.21 Å². The summed E-state index contributed by atoms with van der Waals surface area (Å²) in [5.74, 6) is 0. The zero-order chi connectivity index (χ0) is 14.1. The Labute approximate surface area is 118 Å². The Bertz CT molecular complexity index is 844. The topological polar surface area (TPSA) is 58.7 Å². The molecule has 0 fully saturated rings. The summed E-state index contributed by atoms with van der Waals surface area (Å²) < 4.78 is 14.2. The highest BCUT2D eigenvalue weighted by Crippen LogP contribution is 2.19.